The maximum Gasteiger partial charge on any atom is 0.339 e. The van der Waals surface area contributed by atoms with Crippen LogP contribution in [0.4, 0.5) is 0 Å². The van der Waals surface area contributed by atoms with Crippen LogP contribution in [0, 0.1) is 5.92 Å². The summed E-state index contributed by atoms with van der Waals surface area (Å²) in [4.78, 5) is 38.9. The summed E-state index contributed by atoms with van der Waals surface area (Å²) in [6.07, 6.45) is 5.21. The molecule has 0 N–H and O–H groups in total. The lowest BCUT2D eigenvalue weighted by atomic mass is 10.0. The second-order valence-corrected chi connectivity index (χ2v) is 7.63. The van der Waals surface area contributed by atoms with Gasteiger partial charge in [-0.2, -0.15) is 0 Å². The van der Waals surface area contributed by atoms with Crippen LogP contribution < -0.4 is 0 Å². The molecule has 29 heavy (non-hydrogen) atoms. The summed E-state index contributed by atoms with van der Waals surface area (Å²) in [6, 6.07) is 6.74. The number of amides is 2. The molecule has 2 aliphatic heterocycles. The van der Waals surface area contributed by atoms with E-state index in [2.05, 4.69) is 13.8 Å². The molecule has 3 atom stereocenters. The molecule has 1 fully saturated rings. The molecule has 7 heteroatoms. The second-order valence-electron chi connectivity index (χ2n) is 7.63. The molecule has 0 saturated carbocycles. The first kappa shape index (κ1) is 19.4. The van der Waals surface area contributed by atoms with E-state index in [1.807, 2.05) is 4.57 Å². The largest absolute Gasteiger partial charge is 0.465 e. The Bertz CT molecular complexity index is 944. The Morgan fingerprint density at radius 1 is 1.17 bits per heavy atom. The van der Waals surface area contributed by atoms with Gasteiger partial charge in [0.1, 0.15) is 6.23 Å². The number of methoxy groups -OCH3 is 1. The molecule has 152 valence electrons. The van der Waals surface area contributed by atoms with E-state index in [9.17, 15) is 14.4 Å². The van der Waals surface area contributed by atoms with Gasteiger partial charge < -0.3 is 14.0 Å². The minimum absolute atomic E-state index is 0.00323. The highest BCUT2D eigenvalue weighted by atomic mass is 16.5. The fourth-order valence-electron chi connectivity index (χ4n) is 4.21. The third-order valence-electron chi connectivity index (χ3n) is 5.82. The third kappa shape index (κ3) is 3.25. The fourth-order valence-corrected chi connectivity index (χ4v) is 4.21. The van der Waals surface area contributed by atoms with Gasteiger partial charge in [0.25, 0.3) is 11.8 Å². The van der Waals surface area contributed by atoms with E-state index in [-0.39, 0.29) is 30.7 Å². The molecule has 0 aliphatic carbocycles. The van der Waals surface area contributed by atoms with E-state index in [1.165, 1.54) is 12.0 Å². The Morgan fingerprint density at radius 3 is 2.38 bits per heavy atom. The van der Waals surface area contributed by atoms with Crippen LogP contribution in [0.1, 0.15) is 69.6 Å². The number of fused-ring (bicyclic) bond motifs is 1. The number of hydrogen-bond donors (Lipinski definition) is 0. The van der Waals surface area contributed by atoms with Crippen LogP contribution in [0.5, 0.6) is 0 Å². The molecule has 2 aromatic rings. The number of esters is 1. The maximum atomic E-state index is 12.7. The zero-order valence-electron chi connectivity index (χ0n) is 16.8. The molecule has 2 aliphatic rings. The zero-order valence-corrected chi connectivity index (χ0v) is 16.8. The number of hydrogen-bond acceptors (Lipinski definition) is 5. The van der Waals surface area contributed by atoms with Crippen molar-refractivity contribution in [1.82, 2.24) is 9.47 Å². The molecule has 3 heterocycles. The Balaban J connectivity index is 1.64. The molecule has 0 bridgehead atoms. The van der Waals surface area contributed by atoms with E-state index in [0.717, 1.165) is 12.8 Å². The predicted molar refractivity (Wildman–Crippen MR) is 104 cm³/mol. The number of carbonyl (C=O) groups excluding carboxylic acids is 3. The fraction of sp³-hybridized carbons (Fsp3) is 0.409. The normalized spacial score (nSPS) is 23.6. The number of ether oxygens (including phenoxy) is 2. The van der Waals surface area contributed by atoms with Crippen LogP contribution in [-0.4, -0.2) is 40.5 Å². The molecule has 2 amide bonds. The van der Waals surface area contributed by atoms with Gasteiger partial charge in [0.05, 0.1) is 36.4 Å². The average Bonchev–Trinajstić information content (AvgIpc) is 3.39. The first-order valence-corrected chi connectivity index (χ1v) is 9.83. The summed E-state index contributed by atoms with van der Waals surface area (Å²) < 4.78 is 12.9. The number of imide groups is 1. The standard InChI is InChI=1S/C22H24N2O5/c1-4-18-13(2)9-19(29-18)23-10-14(17(12-23)22(27)28-3)11-24-20(25)15-7-5-6-8-16(15)21(24)26/h5-8,10,12-13,18-19H,4,9,11H2,1-3H3. The van der Waals surface area contributed by atoms with E-state index < -0.39 is 5.97 Å². The Kier molecular flexibility index (Phi) is 5.00. The Labute approximate surface area is 169 Å². The summed E-state index contributed by atoms with van der Waals surface area (Å²) in [6.45, 7) is 4.24. The van der Waals surface area contributed by atoms with Crippen LogP contribution in [0.25, 0.3) is 0 Å². The number of benzene rings is 1. The van der Waals surface area contributed by atoms with Crippen molar-refractivity contribution in [1.29, 1.82) is 0 Å². The van der Waals surface area contributed by atoms with Crippen molar-refractivity contribution in [2.75, 3.05) is 7.11 Å². The van der Waals surface area contributed by atoms with Crippen LogP contribution in [0.15, 0.2) is 36.7 Å². The monoisotopic (exact) mass is 396 g/mol. The molecular formula is C22H24N2O5. The number of nitrogens with zero attached hydrogens (tertiary/aromatic N) is 2. The van der Waals surface area contributed by atoms with Crippen molar-refractivity contribution in [2.24, 2.45) is 5.92 Å². The second kappa shape index (κ2) is 7.48. The zero-order chi connectivity index (χ0) is 20.7. The first-order valence-electron chi connectivity index (χ1n) is 9.83. The Hall–Kier alpha value is -2.93. The van der Waals surface area contributed by atoms with Crippen molar-refractivity contribution in [3.05, 3.63) is 58.9 Å². The summed E-state index contributed by atoms with van der Waals surface area (Å²) in [7, 11) is 1.31. The molecule has 1 aromatic heterocycles. The van der Waals surface area contributed by atoms with Crippen LogP contribution in [0.3, 0.4) is 0 Å². The first-order chi connectivity index (χ1) is 13.9. The number of rotatable bonds is 5. The molecule has 4 rings (SSSR count). The average molecular weight is 396 g/mol. The topological polar surface area (TPSA) is 77.8 Å². The lowest BCUT2D eigenvalue weighted by Crippen LogP contribution is -2.29. The molecule has 0 spiro atoms. The molecular weight excluding hydrogens is 372 g/mol. The van der Waals surface area contributed by atoms with Crippen molar-refractivity contribution in [3.8, 4) is 0 Å². The van der Waals surface area contributed by atoms with Gasteiger partial charge >= 0.3 is 5.97 Å². The van der Waals surface area contributed by atoms with Crippen LogP contribution in [-0.2, 0) is 16.0 Å². The minimum atomic E-state index is -0.506. The molecule has 7 nitrogen and oxygen atoms in total. The van der Waals surface area contributed by atoms with E-state index in [1.54, 1.807) is 36.7 Å². The van der Waals surface area contributed by atoms with Gasteiger partial charge in [-0.15, -0.1) is 0 Å². The summed E-state index contributed by atoms with van der Waals surface area (Å²) >= 11 is 0. The third-order valence-corrected chi connectivity index (χ3v) is 5.82. The van der Waals surface area contributed by atoms with Crippen molar-refractivity contribution >= 4 is 17.8 Å². The summed E-state index contributed by atoms with van der Waals surface area (Å²) in [5.74, 6) is -0.806. The number of aromatic nitrogens is 1. The van der Waals surface area contributed by atoms with Gasteiger partial charge in [0.15, 0.2) is 0 Å². The summed E-state index contributed by atoms with van der Waals surface area (Å²) in [5.41, 5.74) is 1.66. The highest BCUT2D eigenvalue weighted by molar-refractivity contribution is 6.21. The minimum Gasteiger partial charge on any atom is -0.465 e. The predicted octanol–water partition coefficient (Wildman–Crippen LogP) is 3.40. The summed E-state index contributed by atoms with van der Waals surface area (Å²) in [5, 5.41) is 0. The molecule has 1 saturated heterocycles. The maximum absolute atomic E-state index is 12.7. The molecule has 3 unspecified atom stereocenters. The molecule has 0 radical (unpaired) electrons. The lowest BCUT2D eigenvalue weighted by Gasteiger charge is -2.15. The smallest absolute Gasteiger partial charge is 0.339 e. The van der Waals surface area contributed by atoms with E-state index in [4.69, 9.17) is 9.47 Å². The van der Waals surface area contributed by atoms with Gasteiger partial charge in [0.2, 0.25) is 0 Å². The highest BCUT2D eigenvalue weighted by Gasteiger charge is 2.37. The van der Waals surface area contributed by atoms with Gasteiger partial charge in [-0.1, -0.05) is 26.0 Å². The number of carbonyl (C=O) groups is 3. The van der Waals surface area contributed by atoms with Gasteiger partial charge in [0, 0.05) is 18.0 Å². The van der Waals surface area contributed by atoms with Crippen molar-refractivity contribution in [3.63, 3.8) is 0 Å². The van der Waals surface area contributed by atoms with Crippen LogP contribution >= 0.6 is 0 Å². The van der Waals surface area contributed by atoms with E-state index in [0.29, 0.717) is 28.2 Å². The molecule has 1 aromatic carbocycles. The van der Waals surface area contributed by atoms with Gasteiger partial charge in [-0.3, -0.25) is 14.5 Å². The quantitative estimate of drug-likeness (QED) is 0.572. The van der Waals surface area contributed by atoms with Crippen molar-refractivity contribution < 1.29 is 23.9 Å². The van der Waals surface area contributed by atoms with Crippen LogP contribution in [0.2, 0.25) is 0 Å². The van der Waals surface area contributed by atoms with E-state index >= 15 is 0 Å². The highest BCUT2D eigenvalue weighted by Crippen LogP contribution is 2.36. The SMILES string of the molecule is CCC1OC(n2cc(CN3C(=O)c4ccccc4C3=O)c(C(=O)OC)c2)CC1C. The van der Waals surface area contributed by atoms with Crippen molar-refractivity contribution in [2.45, 2.75) is 45.6 Å². The van der Waals surface area contributed by atoms with Gasteiger partial charge in [-0.25, -0.2) is 4.79 Å². The van der Waals surface area contributed by atoms with Gasteiger partial charge in [-0.05, 0) is 30.9 Å². The lowest BCUT2D eigenvalue weighted by molar-refractivity contribution is -0.00485. The Morgan fingerprint density at radius 2 is 1.83 bits per heavy atom.